The van der Waals surface area contributed by atoms with Crippen LogP contribution >= 0.6 is 0 Å². The first-order valence-electron chi connectivity index (χ1n) is 11.6. The number of methoxy groups -OCH3 is 1. The van der Waals surface area contributed by atoms with Crippen molar-refractivity contribution < 1.29 is 33.6 Å². The number of aromatic nitrogens is 1. The third-order valence-electron chi connectivity index (χ3n) is 5.45. The molecule has 2 aliphatic heterocycles. The molecule has 1 fully saturated rings. The molecule has 34 heavy (non-hydrogen) atoms. The molecule has 1 aromatic heterocycles. The molecule has 0 saturated carbocycles. The Morgan fingerprint density at radius 3 is 2.79 bits per heavy atom. The third kappa shape index (κ3) is 6.34. The van der Waals surface area contributed by atoms with Crippen LogP contribution in [0, 0.1) is 0 Å². The fraction of sp³-hybridized carbons (Fsp3) is 0.583. The van der Waals surface area contributed by atoms with Crippen LogP contribution < -0.4 is 5.32 Å². The number of carbonyl (C=O) groups excluding carboxylic acids is 1. The number of aliphatic imine (C=N–C) groups is 1. The molecule has 10 nitrogen and oxygen atoms in total. The van der Waals surface area contributed by atoms with Gasteiger partial charge in [-0.2, -0.15) is 0 Å². The average Bonchev–Trinajstić information content (AvgIpc) is 3.11. The standard InChI is InChI=1S/C24H35N3O7/c1-5-7-12-31-15-27-14-17(18-10-8-9-11-25-22(30-4)20(18)27)13-26-19(23(29)32-6-2)21(28)24-33-16(3)34-24/h8-11,14,16,19,21,24,26,28H,5-7,12-13,15H2,1-4H3/b9-8?,10-8+,11-9+,18-10?,22-20?,25-11?,25-22+/t16?,19-,21+,24?/m1/s1. The van der Waals surface area contributed by atoms with E-state index < -0.39 is 30.7 Å². The molecule has 0 aromatic carbocycles. The molecular weight excluding hydrogens is 442 g/mol. The number of rotatable bonds is 12. The van der Waals surface area contributed by atoms with E-state index in [0.717, 1.165) is 29.7 Å². The molecule has 0 aliphatic carbocycles. The lowest BCUT2D eigenvalue weighted by atomic mass is 10.1. The summed E-state index contributed by atoms with van der Waals surface area (Å²) in [5.41, 5.74) is 2.51. The molecule has 0 radical (unpaired) electrons. The molecule has 188 valence electrons. The van der Waals surface area contributed by atoms with Gasteiger partial charge in [0, 0.05) is 31.1 Å². The van der Waals surface area contributed by atoms with Gasteiger partial charge in [-0.05, 0) is 31.9 Å². The maximum Gasteiger partial charge on any atom is 0.326 e. The van der Waals surface area contributed by atoms with Crippen LogP contribution in [-0.4, -0.2) is 66.6 Å². The van der Waals surface area contributed by atoms with Crippen molar-refractivity contribution >= 4 is 17.9 Å². The molecule has 3 heterocycles. The van der Waals surface area contributed by atoms with Gasteiger partial charge in [-0.3, -0.25) is 10.1 Å². The second kappa shape index (κ2) is 12.8. The van der Waals surface area contributed by atoms with Crippen molar-refractivity contribution in [2.24, 2.45) is 4.99 Å². The van der Waals surface area contributed by atoms with E-state index in [9.17, 15) is 9.90 Å². The van der Waals surface area contributed by atoms with Crippen LogP contribution in [0.1, 0.15) is 50.4 Å². The number of ether oxygens (including phenoxy) is 5. The number of aliphatic hydroxyl groups excluding tert-OH is 1. The zero-order chi connectivity index (χ0) is 24.5. The third-order valence-corrected chi connectivity index (χ3v) is 5.45. The highest BCUT2D eigenvalue weighted by Crippen LogP contribution is 2.25. The number of unbranched alkanes of at least 4 members (excludes halogenated alkanes) is 1. The quantitative estimate of drug-likeness (QED) is 0.348. The summed E-state index contributed by atoms with van der Waals surface area (Å²) in [4.78, 5) is 17.0. The van der Waals surface area contributed by atoms with Crippen molar-refractivity contribution in [2.75, 3.05) is 20.3 Å². The summed E-state index contributed by atoms with van der Waals surface area (Å²) < 4.78 is 29.3. The fourth-order valence-electron chi connectivity index (χ4n) is 3.73. The molecule has 3 rings (SSSR count). The number of carbonyl (C=O) groups is 1. The average molecular weight is 478 g/mol. The lowest BCUT2D eigenvalue weighted by Gasteiger charge is -2.38. The predicted molar refractivity (Wildman–Crippen MR) is 126 cm³/mol. The van der Waals surface area contributed by atoms with E-state index in [4.69, 9.17) is 23.7 Å². The van der Waals surface area contributed by atoms with Crippen molar-refractivity contribution in [2.45, 2.75) is 71.6 Å². The van der Waals surface area contributed by atoms with E-state index in [1.165, 1.54) is 0 Å². The van der Waals surface area contributed by atoms with Crippen LogP contribution in [-0.2, 0) is 41.8 Å². The predicted octanol–water partition coefficient (Wildman–Crippen LogP) is 2.30. The summed E-state index contributed by atoms with van der Waals surface area (Å²) in [6, 6.07) is -1.04. The number of nitrogens with one attached hydrogen (secondary N) is 1. The molecule has 10 heteroatoms. The van der Waals surface area contributed by atoms with Crippen molar-refractivity contribution in [3.63, 3.8) is 0 Å². The number of aliphatic hydroxyl groups is 1. The van der Waals surface area contributed by atoms with Crippen molar-refractivity contribution in [3.8, 4) is 0 Å². The van der Waals surface area contributed by atoms with E-state index in [-0.39, 0.29) is 13.2 Å². The Hall–Kier alpha value is -2.50. The number of allylic oxidation sites excluding steroid dienone is 2. The Morgan fingerprint density at radius 1 is 1.32 bits per heavy atom. The summed E-state index contributed by atoms with van der Waals surface area (Å²) in [7, 11) is 1.57. The summed E-state index contributed by atoms with van der Waals surface area (Å²) in [5.74, 6) is -0.127. The van der Waals surface area contributed by atoms with Crippen molar-refractivity contribution in [1.82, 2.24) is 9.88 Å². The van der Waals surface area contributed by atoms with Crippen LogP contribution in [0.3, 0.4) is 0 Å². The molecule has 0 spiro atoms. The molecule has 0 bridgehead atoms. The zero-order valence-electron chi connectivity index (χ0n) is 20.2. The van der Waals surface area contributed by atoms with Crippen LogP contribution in [0.4, 0.5) is 0 Å². The first kappa shape index (κ1) is 26.1. The lowest BCUT2D eigenvalue weighted by Crippen LogP contribution is -2.58. The van der Waals surface area contributed by atoms with Crippen molar-refractivity contribution in [1.29, 1.82) is 0 Å². The zero-order valence-corrected chi connectivity index (χ0v) is 20.2. The molecule has 0 amide bonds. The number of fused-ring (bicyclic) bond motifs is 1. The highest BCUT2D eigenvalue weighted by atomic mass is 16.9. The van der Waals surface area contributed by atoms with Gasteiger partial charge in [0.2, 0.25) is 5.90 Å². The Bertz CT molecular complexity index is 903. The van der Waals surface area contributed by atoms with Crippen LogP contribution in [0.15, 0.2) is 29.5 Å². The molecule has 2 atom stereocenters. The molecule has 2 N–H and O–H groups in total. The van der Waals surface area contributed by atoms with Gasteiger partial charge >= 0.3 is 5.97 Å². The summed E-state index contributed by atoms with van der Waals surface area (Å²) in [5, 5.41) is 13.8. The first-order chi connectivity index (χ1) is 16.5. The summed E-state index contributed by atoms with van der Waals surface area (Å²) in [6.07, 6.45) is 8.71. The van der Waals surface area contributed by atoms with E-state index in [0.29, 0.717) is 19.2 Å². The number of hydrogen-bond donors (Lipinski definition) is 2. The Balaban J connectivity index is 1.85. The minimum atomic E-state index is -1.23. The van der Waals surface area contributed by atoms with Crippen LogP contribution in [0.5, 0.6) is 0 Å². The molecule has 1 aromatic rings. The molecule has 2 aliphatic rings. The maximum atomic E-state index is 12.6. The molecule has 0 unspecified atom stereocenters. The van der Waals surface area contributed by atoms with Crippen LogP contribution in [0.2, 0.25) is 0 Å². The van der Waals surface area contributed by atoms with Gasteiger partial charge in [0.05, 0.1) is 13.7 Å². The number of nitrogens with zero attached hydrogens (tertiary/aromatic N) is 2. The topological polar surface area (TPSA) is 113 Å². The Kier molecular flexibility index (Phi) is 9.85. The van der Waals surface area contributed by atoms with Gasteiger partial charge in [-0.15, -0.1) is 0 Å². The number of esters is 1. The van der Waals surface area contributed by atoms with E-state index in [1.54, 1.807) is 27.2 Å². The molecule has 1 saturated heterocycles. The van der Waals surface area contributed by atoms with Crippen LogP contribution in [0.25, 0.3) is 6.08 Å². The lowest BCUT2D eigenvalue weighted by molar-refractivity contribution is -0.399. The van der Waals surface area contributed by atoms with E-state index >= 15 is 0 Å². The second-order valence-corrected chi connectivity index (χ2v) is 7.93. The molecular formula is C24H35N3O7. The minimum Gasteiger partial charge on any atom is -0.479 e. The Labute approximate surface area is 200 Å². The highest BCUT2D eigenvalue weighted by Gasteiger charge is 2.41. The smallest absolute Gasteiger partial charge is 0.326 e. The fourth-order valence-corrected chi connectivity index (χ4v) is 3.73. The minimum absolute atomic E-state index is 0.191. The first-order valence-corrected chi connectivity index (χ1v) is 11.6. The Morgan fingerprint density at radius 2 is 2.12 bits per heavy atom. The van der Waals surface area contributed by atoms with Gasteiger partial charge in [-0.1, -0.05) is 25.5 Å². The summed E-state index contributed by atoms with van der Waals surface area (Å²) in [6.45, 7) is 6.96. The van der Waals surface area contributed by atoms with Gasteiger partial charge in [0.25, 0.3) is 0 Å². The normalized spacial score (nSPS) is 24.4. The van der Waals surface area contributed by atoms with Gasteiger partial charge in [0.1, 0.15) is 24.6 Å². The monoisotopic (exact) mass is 477 g/mol. The van der Waals surface area contributed by atoms with E-state index in [2.05, 4.69) is 17.2 Å². The summed E-state index contributed by atoms with van der Waals surface area (Å²) >= 11 is 0. The van der Waals surface area contributed by atoms with Crippen molar-refractivity contribution in [3.05, 3.63) is 41.4 Å². The largest absolute Gasteiger partial charge is 0.479 e. The van der Waals surface area contributed by atoms with Gasteiger partial charge in [0.15, 0.2) is 12.6 Å². The number of hydrogen-bond acceptors (Lipinski definition) is 9. The maximum absolute atomic E-state index is 12.6. The SMILES string of the molecule is CCCCOCn1cc(CN[C@@H](C(=O)OCC)[C@H](O)C2OC(C)O2)c2c1\C(OC)=N/C=C/C=C/2. The second-order valence-electron chi connectivity index (χ2n) is 7.93. The van der Waals surface area contributed by atoms with Gasteiger partial charge in [-0.25, -0.2) is 4.99 Å². The van der Waals surface area contributed by atoms with Gasteiger partial charge < -0.3 is 33.4 Å². The van der Waals surface area contributed by atoms with E-state index in [1.807, 2.05) is 29.0 Å². The highest BCUT2D eigenvalue weighted by molar-refractivity contribution is 5.97.